The Bertz CT molecular complexity index is 90.5. The van der Waals surface area contributed by atoms with Gasteiger partial charge >= 0.3 is 0 Å². The van der Waals surface area contributed by atoms with Crippen LogP contribution in [0.5, 0.6) is 0 Å². The molecule has 0 heterocycles. The van der Waals surface area contributed by atoms with Crippen molar-refractivity contribution in [2.24, 2.45) is 0 Å². The van der Waals surface area contributed by atoms with Crippen LogP contribution in [0.4, 0.5) is 0 Å². The van der Waals surface area contributed by atoms with Crippen LogP contribution in [0.1, 0.15) is 25.7 Å². The topological polar surface area (TPSA) is 60.4 Å². The number of hydrogen-bond donors (Lipinski definition) is 2. The van der Waals surface area contributed by atoms with Crippen LogP contribution in [-0.4, -0.2) is 22.1 Å². The molecule has 0 aromatic carbocycles. The fraction of sp³-hybridized carbons (Fsp3) is 1.00. The van der Waals surface area contributed by atoms with Gasteiger partial charge in [-0.15, -0.1) is 0 Å². The normalized spacial score (nSPS) is 28.3. The standard InChI is InChI=1S/C6H11O3/c7-5-1-3-6(8,9)4-2-5/h5,7-8H,1-4H2. The first-order chi connectivity index (χ1) is 4.10. The highest BCUT2D eigenvalue weighted by Crippen LogP contribution is 2.25. The van der Waals surface area contributed by atoms with Crippen LogP contribution >= 0.6 is 0 Å². The maximum atomic E-state index is 10.7. The lowest BCUT2D eigenvalue weighted by Crippen LogP contribution is -2.33. The lowest BCUT2D eigenvalue weighted by atomic mass is 9.92. The van der Waals surface area contributed by atoms with E-state index in [2.05, 4.69) is 0 Å². The van der Waals surface area contributed by atoms with Gasteiger partial charge < -0.3 is 10.2 Å². The van der Waals surface area contributed by atoms with Crippen molar-refractivity contribution in [2.75, 3.05) is 0 Å². The number of aliphatic hydroxyl groups is 2. The highest BCUT2D eigenvalue weighted by Gasteiger charge is 2.31. The Hall–Kier alpha value is -0.120. The molecule has 0 amide bonds. The minimum atomic E-state index is -1.75. The lowest BCUT2D eigenvalue weighted by Gasteiger charge is -2.26. The Balaban J connectivity index is 2.35. The van der Waals surface area contributed by atoms with Crippen LogP contribution in [0.3, 0.4) is 0 Å². The van der Waals surface area contributed by atoms with E-state index < -0.39 is 5.79 Å². The van der Waals surface area contributed by atoms with E-state index in [1.165, 1.54) is 0 Å². The molecule has 1 saturated carbocycles. The van der Waals surface area contributed by atoms with Gasteiger partial charge in [0.05, 0.1) is 6.10 Å². The van der Waals surface area contributed by atoms with Crippen LogP contribution in [-0.2, 0) is 5.11 Å². The minimum absolute atomic E-state index is 0.189. The van der Waals surface area contributed by atoms with E-state index >= 15 is 0 Å². The van der Waals surface area contributed by atoms with Gasteiger partial charge in [0.25, 0.3) is 0 Å². The van der Waals surface area contributed by atoms with Crippen molar-refractivity contribution in [2.45, 2.75) is 37.6 Å². The molecule has 1 fully saturated rings. The molecule has 3 nitrogen and oxygen atoms in total. The number of rotatable bonds is 0. The second-order valence-corrected chi connectivity index (χ2v) is 2.68. The summed E-state index contributed by atoms with van der Waals surface area (Å²) in [5.74, 6) is -1.75. The third-order valence-electron chi connectivity index (χ3n) is 1.74. The molecule has 0 saturated heterocycles. The summed E-state index contributed by atoms with van der Waals surface area (Å²) in [4.78, 5) is 0. The Morgan fingerprint density at radius 3 is 2.11 bits per heavy atom. The fourth-order valence-electron chi connectivity index (χ4n) is 1.05. The molecule has 0 aliphatic heterocycles. The molecule has 1 rings (SSSR count). The second kappa shape index (κ2) is 2.25. The second-order valence-electron chi connectivity index (χ2n) is 2.68. The van der Waals surface area contributed by atoms with Crippen LogP contribution < -0.4 is 0 Å². The predicted molar refractivity (Wildman–Crippen MR) is 30.1 cm³/mol. The molecule has 9 heavy (non-hydrogen) atoms. The molecule has 1 aliphatic carbocycles. The highest BCUT2D eigenvalue weighted by atomic mass is 16.5. The molecule has 1 radical (unpaired) electrons. The Kier molecular flexibility index (Phi) is 1.75. The monoisotopic (exact) mass is 131 g/mol. The molecule has 0 aromatic rings. The van der Waals surface area contributed by atoms with E-state index in [4.69, 9.17) is 10.2 Å². The van der Waals surface area contributed by atoms with E-state index in [1.807, 2.05) is 0 Å². The Morgan fingerprint density at radius 2 is 1.78 bits per heavy atom. The molecule has 0 aromatic heterocycles. The van der Waals surface area contributed by atoms with Crippen molar-refractivity contribution in [1.82, 2.24) is 0 Å². The summed E-state index contributed by atoms with van der Waals surface area (Å²) in [5.41, 5.74) is 0. The molecule has 1 aliphatic rings. The largest absolute Gasteiger partial charge is 0.393 e. The van der Waals surface area contributed by atoms with Gasteiger partial charge in [0.2, 0.25) is 0 Å². The average Bonchev–Trinajstić information content (AvgIpc) is 1.78. The van der Waals surface area contributed by atoms with Gasteiger partial charge in [-0.05, 0) is 12.8 Å². The first-order valence-electron chi connectivity index (χ1n) is 3.21. The van der Waals surface area contributed by atoms with Gasteiger partial charge in [-0.1, -0.05) is 0 Å². The average molecular weight is 131 g/mol. The van der Waals surface area contributed by atoms with Crippen molar-refractivity contribution in [3.05, 3.63) is 0 Å². The van der Waals surface area contributed by atoms with Gasteiger partial charge in [0.15, 0.2) is 5.79 Å². The summed E-state index contributed by atoms with van der Waals surface area (Å²) < 4.78 is 0. The summed E-state index contributed by atoms with van der Waals surface area (Å²) in [5, 5.41) is 28.4. The summed E-state index contributed by atoms with van der Waals surface area (Å²) in [6.07, 6.45) is 0.904. The third kappa shape index (κ3) is 1.93. The third-order valence-corrected chi connectivity index (χ3v) is 1.74. The summed E-state index contributed by atoms with van der Waals surface area (Å²) in [7, 11) is 0. The van der Waals surface area contributed by atoms with E-state index in [1.54, 1.807) is 0 Å². The summed E-state index contributed by atoms with van der Waals surface area (Å²) in [6, 6.07) is 0. The quantitative estimate of drug-likeness (QED) is 0.456. The van der Waals surface area contributed by atoms with Gasteiger partial charge in [-0.3, -0.25) is 0 Å². The Labute approximate surface area is 53.9 Å². The molecular weight excluding hydrogens is 120 g/mol. The molecule has 2 N–H and O–H groups in total. The first-order valence-corrected chi connectivity index (χ1v) is 3.21. The predicted octanol–water partition coefficient (Wildman–Crippen LogP) is 0.0404. The first kappa shape index (κ1) is 6.99. The molecule has 3 heteroatoms. The van der Waals surface area contributed by atoms with Crippen molar-refractivity contribution in [1.29, 1.82) is 0 Å². The van der Waals surface area contributed by atoms with Crippen molar-refractivity contribution in [3.63, 3.8) is 0 Å². The smallest absolute Gasteiger partial charge is 0.199 e. The zero-order chi connectivity index (χ0) is 6.91. The minimum Gasteiger partial charge on any atom is -0.393 e. The molecule has 0 spiro atoms. The SMILES string of the molecule is [O]C1(O)CCC(O)CC1. The van der Waals surface area contributed by atoms with Crippen molar-refractivity contribution in [3.8, 4) is 0 Å². The van der Waals surface area contributed by atoms with E-state index in [9.17, 15) is 5.11 Å². The van der Waals surface area contributed by atoms with Crippen LogP contribution in [0.25, 0.3) is 0 Å². The van der Waals surface area contributed by atoms with E-state index in [0.29, 0.717) is 12.8 Å². The van der Waals surface area contributed by atoms with Gasteiger partial charge in [-0.2, -0.15) is 5.11 Å². The van der Waals surface area contributed by atoms with Gasteiger partial charge in [-0.25, -0.2) is 0 Å². The molecule has 0 unspecified atom stereocenters. The molecular formula is C6H11O3. The molecule has 0 bridgehead atoms. The number of aliphatic hydroxyl groups excluding tert-OH is 1. The van der Waals surface area contributed by atoms with Gasteiger partial charge in [0.1, 0.15) is 0 Å². The zero-order valence-corrected chi connectivity index (χ0v) is 5.21. The fourth-order valence-corrected chi connectivity index (χ4v) is 1.05. The van der Waals surface area contributed by atoms with Crippen molar-refractivity contribution >= 4 is 0 Å². The molecule has 53 valence electrons. The maximum Gasteiger partial charge on any atom is 0.199 e. The summed E-state index contributed by atoms with van der Waals surface area (Å²) >= 11 is 0. The van der Waals surface area contributed by atoms with Crippen LogP contribution in [0, 0.1) is 0 Å². The summed E-state index contributed by atoms with van der Waals surface area (Å²) in [6.45, 7) is 0. The maximum absolute atomic E-state index is 10.7. The van der Waals surface area contributed by atoms with Crippen LogP contribution in [0.2, 0.25) is 0 Å². The Morgan fingerprint density at radius 1 is 1.33 bits per heavy atom. The van der Waals surface area contributed by atoms with Crippen molar-refractivity contribution < 1.29 is 15.3 Å². The van der Waals surface area contributed by atoms with E-state index in [-0.39, 0.29) is 18.9 Å². The lowest BCUT2D eigenvalue weighted by molar-refractivity contribution is -0.230. The zero-order valence-electron chi connectivity index (χ0n) is 5.21. The molecule has 0 atom stereocenters. The van der Waals surface area contributed by atoms with Crippen LogP contribution in [0.15, 0.2) is 0 Å². The van der Waals surface area contributed by atoms with Gasteiger partial charge in [0, 0.05) is 12.8 Å². The number of hydrogen-bond acceptors (Lipinski definition) is 2. The highest BCUT2D eigenvalue weighted by molar-refractivity contribution is 4.74. The van der Waals surface area contributed by atoms with E-state index in [0.717, 1.165) is 0 Å².